The molecule has 2 rings (SSSR count). The van der Waals surface area contributed by atoms with Crippen molar-refractivity contribution in [3.8, 4) is 6.07 Å². The number of rotatable bonds is 5. The average molecular weight is 256 g/mol. The van der Waals surface area contributed by atoms with Gasteiger partial charge in [-0.3, -0.25) is 0 Å². The lowest BCUT2D eigenvalue weighted by Gasteiger charge is -2.22. The molecule has 0 heterocycles. The van der Waals surface area contributed by atoms with Crippen LogP contribution in [0.5, 0.6) is 0 Å². The standard InChI is InChI=1S/C17H24N2/c1-19(13-5-12-18)14-15-8-10-17(11-9-15)16-6-3-2-4-7-16/h8-11,16H,2-7,13-14H2,1H3. The van der Waals surface area contributed by atoms with Crippen molar-refractivity contribution in [2.24, 2.45) is 0 Å². The van der Waals surface area contributed by atoms with Gasteiger partial charge in [0.2, 0.25) is 0 Å². The highest BCUT2D eigenvalue weighted by molar-refractivity contribution is 5.25. The summed E-state index contributed by atoms with van der Waals surface area (Å²) in [5, 5.41) is 8.59. The minimum absolute atomic E-state index is 0.608. The van der Waals surface area contributed by atoms with Crippen LogP contribution in [0.15, 0.2) is 24.3 Å². The van der Waals surface area contributed by atoms with Crippen LogP contribution in [-0.2, 0) is 6.54 Å². The van der Waals surface area contributed by atoms with E-state index in [0.717, 1.165) is 19.0 Å². The van der Waals surface area contributed by atoms with Gasteiger partial charge < -0.3 is 4.90 Å². The summed E-state index contributed by atoms with van der Waals surface area (Å²) >= 11 is 0. The fraction of sp³-hybridized carbons (Fsp3) is 0.588. The minimum atomic E-state index is 0.608. The van der Waals surface area contributed by atoms with Gasteiger partial charge in [0, 0.05) is 19.5 Å². The van der Waals surface area contributed by atoms with Gasteiger partial charge in [-0.25, -0.2) is 0 Å². The maximum Gasteiger partial charge on any atom is 0.0635 e. The molecular weight excluding hydrogens is 232 g/mol. The lowest BCUT2D eigenvalue weighted by atomic mass is 9.84. The highest BCUT2D eigenvalue weighted by Gasteiger charge is 2.15. The van der Waals surface area contributed by atoms with Crippen LogP contribution >= 0.6 is 0 Å². The smallest absolute Gasteiger partial charge is 0.0635 e. The van der Waals surface area contributed by atoms with Crippen molar-refractivity contribution in [3.63, 3.8) is 0 Å². The molecule has 1 aromatic carbocycles. The van der Waals surface area contributed by atoms with E-state index in [0.29, 0.717) is 6.42 Å². The van der Waals surface area contributed by atoms with Gasteiger partial charge in [-0.15, -0.1) is 0 Å². The molecule has 0 saturated heterocycles. The Bertz CT molecular complexity index is 410. The van der Waals surface area contributed by atoms with Crippen molar-refractivity contribution < 1.29 is 0 Å². The first-order valence-electron chi connectivity index (χ1n) is 7.44. The van der Waals surface area contributed by atoms with Crippen LogP contribution < -0.4 is 0 Å². The molecule has 0 amide bonds. The summed E-state index contributed by atoms with van der Waals surface area (Å²) < 4.78 is 0. The van der Waals surface area contributed by atoms with E-state index in [-0.39, 0.29) is 0 Å². The molecule has 0 aliphatic heterocycles. The summed E-state index contributed by atoms with van der Waals surface area (Å²) in [4.78, 5) is 2.21. The molecule has 1 fully saturated rings. The van der Waals surface area contributed by atoms with E-state index in [1.165, 1.54) is 43.2 Å². The largest absolute Gasteiger partial charge is 0.301 e. The van der Waals surface area contributed by atoms with E-state index in [2.05, 4.69) is 42.3 Å². The topological polar surface area (TPSA) is 27.0 Å². The highest BCUT2D eigenvalue weighted by Crippen LogP contribution is 2.32. The molecular formula is C17H24N2. The minimum Gasteiger partial charge on any atom is -0.301 e. The molecule has 0 radical (unpaired) electrons. The Balaban J connectivity index is 1.89. The van der Waals surface area contributed by atoms with Crippen LogP contribution in [0.4, 0.5) is 0 Å². The Hall–Kier alpha value is -1.33. The number of hydrogen-bond acceptors (Lipinski definition) is 2. The van der Waals surface area contributed by atoms with Crippen LogP contribution in [0.1, 0.15) is 55.6 Å². The highest BCUT2D eigenvalue weighted by atomic mass is 15.1. The van der Waals surface area contributed by atoms with Crippen molar-refractivity contribution in [2.45, 2.75) is 51.0 Å². The maximum atomic E-state index is 8.59. The Morgan fingerprint density at radius 3 is 2.47 bits per heavy atom. The first-order chi connectivity index (χ1) is 9.29. The lowest BCUT2D eigenvalue weighted by molar-refractivity contribution is 0.335. The molecule has 0 spiro atoms. The quantitative estimate of drug-likeness (QED) is 0.793. The summed E-state index contributed by atoms with van der Waals surface area (Å²) in [5.41, 5.74) is 2.86. The fourth-order valence-corrected chi connectivity index (χ4v) is 2.96. The molecule has 2 heteroatoms. The van der Waals surface area contributed by atoms with E-state index >= 15 is 0 Å². The lowest BCUT2D eigenvalue weighted by Crippen LogP contribution is -2.18. The van der Waals surface area contributed by atoms with Crippen molar-refractivity contribution in [1.29, 1.82) is 5.26 Å². The molecule has 102 valence electrons. The first kappa shape index (κ1) is 14.1. The predicted octanol–water partition coefficient (Wildman–Crippen LogP) is 4.08. The van der Waals surface area contributed by atoms with E-state index in [1.807, 2.05) is 0 Å². The van der Waals surface area contributed by atoms with Gasteiger partial charge in [-0.1, -0.05) is 43.5 Å². The van der Waals surface area contributed by atoms with Gasteiger partial charge >= 0.3 is 0 Å². The average Bonchev–Trinajstić information content (AvgIpc) is 2.47. The van der Waals surface area contributed by atoms with E-state index < -0.39 is 0 Å². The first-order valence-corrected chi connectivity index (χ1v) is 7.44. The number of nitriles is 1. The van der Waals surface area contributed by atoms with Crippen LogP contribution in [0.2, 0.25) is 0 Å². The van der Waals surface area contributed by atoms with Crippen molar-refractivity contribution in [3.05, 3.63) is 35.4 Å². The Kier molecular flexibility index (Phi) is 5.42. The van der Waals surface area contributed by atoms with Crippen LogP contribution in [0, 0.1) is 11.3 Å². The Labute approximate surface area is 117 Å². The molecule has 1 saturated carbocycles. The number of hydrogen-bond donors (Lipinski definition) is 0. The van der Waals surface area contributed by atoms with Crippen LogP contribution in [0.3, 0.4) is 0 Å². The third-order valence-electron chi connectivity index (χ3n) is 4.11. The van der Waals surface area contributed by atoms with E-state index in [9.17, 15) is 0 Å². The van der Waals surface area contributed by atoms with Crippen LogP contribution in [-0.4, -0.2) is 18.5 Å². The fourth-order valence-electron chi connectivity index (χ4n) is 2.96. The SMILES string of the molecule is CN(CCC#N)Cc1ccc(C2CCCCC2)cc1. The molecule has 0 bridgehead atoms. The Morgan fingerprint density at radius 1 is 1.16 bits per heavy atom. The zero-order valence-corrected chi connectivity index (χ0v) is 11.9. The summed E-state index contributed by atoms with van der Waals surface area (Å²) in [6.07, 6.45) is 7.53. The molecule has 1 aliphatic carbocycles. The molecule has 0 unspecified atom stereocenters. The van der Waals surface area contributed by atoms with Crippen molar-refractivity contribution >= 4 is 0 Å². The van der Waals surface area contributed by atoms with Crippen molar-refractivity contribution in [2.75, 3.05) is 13.6 Å². The normalized spacial score (nSPS) is 16.5. The second-order valence-electron chi connectivity index (χ2n) is 5.72. The third-order valence-corrected chi connectivity index (χ3v) is 4.11. The summed E-state index contributed by atoms with van der Waals surface area (Å²) in [7, 11) is 2.08. The monoisotopic (exact) mass is 256 g/mol. The molecule has 1 aliphatic rings. The zero-order chi connectivity index (χ0) is 13.5. The number of nitrogens with zero attached hydrogens (tertiary/aromatic N) is 2. The summed E-state index contributed by atoms with van der Waals surface area (Å²) in [6.45, 7) is 1.79. The molecule has 0 atom stereocenters. The molecule has 19 heavy (non-hydrogen) atoms. The van der Waals surface area contributed by atoms with Crippen molar-refractivity contribution in [1.82, 2.24) is 4.90 Å². The van der Waals surface area contributed by atoms with Gasteiger partial charge in [0.25, 0.3) is 0 Å². The second kappa shape index (κ2) is 7.31. The molecule has 0 N–H and O–H groups in total. The third kappa shape index (κ3) is 4.36. The van der Waals surface area contributed by atoms with Gasteiger partial charge in [0.1, 0.15) is 0 Å². The van der Waals surface area contributed by atoms with E-state index in [4.69, 9.17) is 5.26 Å². The molecule has 2 nitrogen and oxygen atoms in total. The second-order valence-corrected chi connectivity index (χ2v) is 5.72. The molecule has 0 aromatic heterocycles. The Morgan fingerprint density at radius 2 is 1.84 bits per heavy atom. The van der Waals surface area contributed by atoms with Gasteiger partial charge in [0.15, 0.2) is 0 Å². The van der Waals surface area contributed by atoms with Gasteiger partial charge in [-0.05, 0) is 36.9 Å². The van der Waals surface area contributed by atoms with Crippen LogP contribution in [0.25, 0.3) is 0 Å². The van der Waals surface area contributed by atoms with Gasteiger partial charge in [-0.2, -0.15) is 5.26 Å². The zero-order valence-electron chi connectivity index (χ0n) is 11.9. The maximum absolute atomic E-state index is 8.59. The predicted molar refractivity (Wildman–Crippen MR) is 78.8 cm³/mol. The van der Waals surface area contributed by atoms with Gasteiger partial charge in [0.05, 0.1) is 6.07 Å². The summed E-state index contributed by atoms with van der Waals surface area (Å²) in [5.74, 6) is 0.791. The summed E-state index contributed by atoms with van der Waals surface area (Å²) in [6, 6.07) is 11.3. The number of benzene rings is 1. The van der Waals surface area contributed by atoms with E-state index in [1.54, 1.807) is 0 Å². The molecule has 1 aromatic rings.